The molecular weight excluding hydrogens is 252 g/mol. The summed E-state index contributed by atoms with van der Waals surface area (Å²) in [4.78, 5) is 0.300. The number of anilines is 1. The molecule has 6 heteroatoms. The van der Waals surface area contributed by atoms with Crippen molar-refractivity contribution >= 4 is 15.7 Å². The van der Waals surface area contributed by atoms with Crippen LogP contribution in [0, 0.1) is 0 Å². The molecule has 0 saturated heterocycles. The SMILES string of the molecule is CC(C)S(=O)(=O)c1ccc(-c2cc(N)no2)cc1. The van der Waals surface area contributed by atoms with E-state index in [9.17, 15) is 8.42 Å². The first-order valence-electron chi connectivity index (χ1n) is 5.48. The fourth-order valence-electron chi connectivity index (χ4n) is 1.51. The maximum absolute atomic E-state index is 11.9. The van der Waals surface area contributed by atoms with Gasteiger partial charge in [-0.3, -0.25) is 0 Å². The Balaban J connectivity index is 2.37. The van der Waals surface area contributed by atoms with E-state index in [0.29, 0.717) is 16.5 Å². The second-order valence-electron chi connectivity index (χ2n) is 4.23. The third kappa shape index (κ3) is 2.24. The van der Waals surface area contributed by atoms with Crippen LogP contribution < -0.4 is 5.73 Å². The van der Waals surface area contributed by atoms with E-state index < -0.39 is 15.1 Å². The topological polar surface area (TPSA) is 86.2 Å². The van der Waals surface area contributed by atoms with Gasteiger partial charge in [0.2, 0.25) is 0 Å². The van der Waals surface area contributed by atoms with Gasteiger partial charge in [-0.2, -0.15) is 0 Å². The van der Waals surface area contributed by atoms with E-state index in [-0.39, 0.29) is 0 Å². The van der Waals surface area contributed by atoms with Crippen LogP contribution in [0.5, 0.6) is 0 Å². The third-order valence-corrected chi connectivity index (χ3v) is 4.79. The molecule has 0 aliphatic heterocycles. The molecule has 0 bridgehead atoms. The highest BCUT2D eigenvalue weighted by atomic mass is 32.2. The molecule has 0 spiro atoms. The Bertz CT molecular complexity index is 642. The van der Waals surface area contributed by atoms with Crippen molar-refractivity contribution in [2.24, 2.45) is 0 Å². The average Bonchev–Trinajstić information content (AvgIpc) is 2.76. The van der Waals surface area contributed by atoms with Gasteiger partial charge in [0.1, 0.15) is 0 Å². The highest BCUT2D eigenvalue weighted by Crippen LogP contribution is 2.24. The predicted molar refractivity (Wildman–Crippen MR) is 68.7 cm³/mol. The Labute approximate surface area is 106 Å². The van der Waals surface area contributed by atoms with Gasteiger partial charge in [0.15, 0.2) is 21.4 Å². The largest absolute Gasteiger partial charge is 0.381 e. The van der Waals surface area contributed by atoms with Gasteiger partial charge in [-0.05, 0) is 38.1 Å². The van der Waals surface area contributed by atoms with Crippen molar-refractivity contribution in [3.8, 4) is 11.3 Å². The number of nitrogens with two attached hydrogens (primary N) is 1. The minimum absolute atomic E-state index is 0.295. The van der Waals surface area contributed by atoms with E-state index in [1.165, 1.54) is 0 Å². The van der Waals surface area contributed by atoms with Crippen LogP contribution in [0.2, 0.25) is 0 Å². The Kier molecular flexibility index (Phi) is 3.13. The lowest BCUT2D eigenvalue weighted by Crippen LogP contribution is -2.13. The van der Waals surface area contributed by atoms with Gasteiger partial charge in [0.25, 0.3) is 0 Å². The maximum atomic E-state index is 11.9. The molecule has 0 unspecified atom stereocenters. The molecule has 5 nitrogen and oxygen atoms in total. The standard InChI is InChI=1S/C12H14N2O3S/c1-8(2)18(15,16)10-5-3-9(4-6-10)11-7-12(13)14-17-11/h3-8H,1-2H3,(H2,13,14). The summed E-state index contributed by atoms with van der Waals surface area (Å²) in [6.45, 7) is 3.31. The molecule has 18 heavy (non-hydrogen) atoms. The van der Waals surface area contributed by atoms with Crippen LogP contribution in [0.25, 0.3) is 11.3 Å². The first-order valence-corrected chi connectivity index (χ1v) is 7.02. The lowest BCUT2D eigenvalue weighted by molar-refractivity contribution is 0.436. The number of nitrogens with zero attached hydrogens (tertiary/aromatic N) is 1. The molecule has 0 fully saturated rings. The molecule has 0 saturated carbocycles. The highest BCUT2D eigenvalue weighted by Gasteiger charge is 2.19. The predicted octanol–water partition coefficient (Wildman–Crippen LogP) is 2.11. The second-order valence-corrected chi connectivity index (χ2v) is 6.74. The van der Waals surface area contributed by atoms with Crippen molar-refractivity contribution in [3.05, 3.63) is 30.3 Å². The second kappa shape index (κ2) is 4.45. The Hall–Kier alpha value is -1.82. The number of hydrogen-bond donors (Lipinski definition) is 1. The van der Waals surface area contributed by atoms with Crippen molar-refractivity contribution in [3.63, 3.8) is 0 Å². The summed E-state index contributed by atoms with van der Waals surface area (Å²) in [6.07, 6.45) is 0. The lowest BCUT2D eigenvalue weighted by atomic mass is 10.2. The van der Waals surface area contributed by atoms with Crippen molar-refractivity contribution < 1.29 is 12.9 Å². The summed E-state index contributed by atoms with van der Waals surface area (Å²) in [5.74, 6) is 0.810. The zero-order valence-electron chi connectivity index (χ0n) is 10.1. The van der Waals surface area contributed by atoms with Crippen LogP contribution in [0.3, 0.4) is 0 Å². The fraction of sp³-hybridized carbons (Fsp3) is 0.250. The number of hydrogen-bond acceptors (Lipinski definition) is 5. The minimum Gasteiger partial charge on any atom is -0.381 e. The average molecular weight is 266 g/mol. The van der Waals surface area contributed by atoms with Gasteiger partial charge in [0.05, 0.1) is 10.1 Å². The number of aromatic nitrogens is 1. The van der Waals surface area contributed by atoms with E-state index in [4.69, 9.17) is 10.3 Å². The van der Waals surface area contributed by atoms with E-state index in [1.54, 1.807) is 44.2 Å². The first-order chi connectivity index (χ1) is 8.41. The van der Waals surface area contributed by atoms with E-state index in [1.807, 2.05) is 0 Å². The first kappa shape index (κ1) is 12.6. The summed E-state index contributed by atoms with van der Waals surface area (Å²) in [6, 6.07) is 8.06. The van der Waals surface area contributed by atoms with E-state index in [2.05, 4.69) is 5.16 Å². The number of benzene rings is 1. The van der Waals surface area contributed by atoms with E-state index in [0.717, 1.165) is 5.56 Å². The van der Waals surface area contributed by atoms with E-state index >= 15 is 0 Å². The maximum Gasteiger partial charge on any atom is 0.180 e. The summed E-state index contributed by atoms with van der Waals surface area (Å²) in [7, 11) is -3.24. The Morgan fingerprint density at radius 3 is 2.28 bits per heavy atom. The molecular formula is C12H14N2O3S. The lowest BCUT2D eigenvalue weighted by Gasteiger charge is -2.07. The molecule has 2 rings (SSSR count). The van der Waals surface area contributed by atoms with Gasteiger partial charge in [-0.25, -0.2) is 8.42 Å². The minimum atomic E-state index is -3.24. The molecule has 0 radical (unpaired) electrons. The molecule has 0 aliphatic rings. The quantitative estimate of drug-likeness (QED) is 0.919. The fourth-order valence-corrected chi connectivity index (χ4v) is 2.57. The normalized spacial score (nSPS) is 11.9. The van der Waals surface area contributed by atoms with Crippen molar-refractivity contribution in [2.75, 3.05) is 5.73 Å². The van der Waals surface area contributed by atoms with Crippen molar-refractivity contribution in [1.82, 2.24) is 5.16 Å². The van der Waals surface area contributed by atoms with Crippen LogP contribution >= 0.6 is 0 Å². The number of sulfone groups is 1. The molecule has 0 aliphatic carbocycles. The summed E-state index contributed by atoms with van der Waals surface area (Å²) < 4.78 is 28.9. The molecule has 2 N–H and O–H groups in total. The van der Waals surface area contributed by atoms with Crippen LogP contribution in [-0.4, -0.2) is 18.8 Å². The molecule has 96 valence electrons. The third-order valence-electron chi connectivity index (χ3n) is 2.62. The molecule has 0 amide bonds. The highest BCUT2D eigenvalue weighted by molar-refractivity contribution is 7.92. The number of rotatable bonds is 3. The Morgan fingerprint density at radius 1 is 1.22 bits per heavy atom. The van der Waals surface area contributed by atoms with Gasteiger partial charge in [0, 0.05) is 11.6 Å². The molecule has 2 aromatic rings. The zero-order valence-corrected chi connectivity index (χ0v) is 10.9. The summed E-state index contributed by atoms with van der Waals surface area (Å²) in [5, 5.41) is 3.14. The number of nitrogen functional groups attached to an aromatic ring is 1. The summed E-state index contributed by atoms with van der Waals surface area (Å²) >= 11 is 0. The van der Waals surface area contributed by atoms with Gasteiger partial charge in [-0.15, -0.1) is 0 Å². The zero-order chi connectivity index (χ0) is 13.3. The Morgan fingerprint density at radius 2 is 1.83 bits per heavy atom. The van der Waals surface area contributed by atoms with Crippen molar-refractivity contribution in [2.45, 2.75) is 24.0 Å². The summed E-state index contributed by atoms with van der Waals surface area (Å²) in [5.41, 5.74) is 6.19. The molecule has 1 aromatic carbocycles. The van der Waals surface area contributed by atoms with Crippen molar-refractivity contribution in [1.29, 1.82) is 0 Å². The van der Waals surface area contributed by atoms with Crippen LogP contribution in [0.4, 0.5) is 5.82 Å². The van der Waals surface area contributed by atoms with Gasteiger partial charge in [-0.1, -0.05) is 5.16 Å². The van der Waals surface area contributed by atoms with Gasteiger partial charge >= 0.3 is 0 Å². The molecule has 1 heterocycles. The van der Waals surface area contributed by atoms with Crippen LogP contribution in [0.1, 0.15) is 13.8 Å². The smallest absolute Gasteiger partial charge is 0.180 e. The van der Waals surface area contributed by atoms with Crippen LogP contribution in [0.15, 0.2) is 39.8 Å². The monoisotopic (exact) mass is 266 g/mol. The van der Waals surface area contributed by atoms with Crippen LogP contribution in [-0.2, 0) is 9.84 Å². The van der Waals surface area contributed by atoms with Gasteiger partial charge < -0.3 is 10.3 Å². The molecule has 0 atom stereocenters. The molecule has 1 aromatic heterocycles.